The van der Waals surface area contributed by atoms with E-state index in [1.165, 1.54) is 12.1 Å². The molecule has 1 heterocycles. The highest BCUT2D eigenvalue weighted by Gasteiger charge is 2.27. The lowest BCUT2D eigenvalue weighted by Crippen LogP contribution is -2.42. The van der Waals surface area contributed by atoms with E-state index in [9.17, 15) is 28.2 Å². The summed E-state index contributed by atoms with van der Waals surface area (Å²) in [4.78, 5) is 25.6. The second-order valence-electron chi connectivity index (χ2n) is 6.36. The number of carboxylic acid groups (broad SMARTS) is 2. The number of aromatic amines is 1. The van der Waals surface area contributed by atoms with Crippen LogP contribution >= 0.6 is 0 Å². The van der Waals surface area contributed by atoms with Crippen molar-refractivity contribution in [3.63, 3.8) is 0 Å². The lowest BCUT2D eigenvalue weighted by atomic mass is 10.1. The number of para-hydroxylation sites is 1. The highest BCUT2D eigenvalue weighted by atomic mass is 32.2. The average molecular weight is 402 g/mol. The fourth-order valence-corrected chi connectivity index (χ4v) is 4.17. The number of aromatic carboxylic acids is 1. The first kappa shape index (κ1) is 19.6. The maximum atomic E-state index is 12.7. The number of carboxylic acids is 2. The van der Waals surface area contributed by atoms with Crippen LogP contribution in [0.25, 0.3) is 10.9 Å². The van der Waals surface area contributed by atoms with Crippen molar-refractivity contribution in [2.75, 3.05) is 0 Å². The van der Waals surface area contributed by atoms with Crippen molar-refractivity contribution in [3.05, 3.63) is 65.4 Å². The van der Waals surface area contributed by atoms with Gasteiger partial charge in [0.05, 0.1) is 10.5 Å². The number of sulfonamides is 1. The Morgan fingerprint density at radius 3 is 2.54 bits per heavy atom. The molecule has 2 aromatic carbocycles. The summed E-state index contributed by atoms with van der Waals surface area (Å²) >= 11 is 0. The molecule has 0 spiro atoms. The van der Waals surface area contributed by atoms with Gasteiger partial charge in [0.25, 0.3) is 0 Å². The molecule has 0 aliphatic carbocycles. The fraction of sp³-hybridized carbons (Fsp3) is 0.158. The van der Waals surface area contributed by atoms with Crippen LogP contribution in [-0.4, -0.2) is 41.6 Å². The normalized spacial score (nSPS) is 12.8. The van der Waals surface area contributed by atoms with Gasteiger partial charge in [-0.15, -0.1) is 0 Å². The Hall–Kier alpha value is -3.17. The average Bonchev–Trinajstić information content (AvgIpc) is 3.04. The number of fused-ring (bicyclic) bond motifs is 1. The van der Waals surface area contributed by atoms with Gasteiger partial charge < -0.3 is 15.2 Å². The van der Waals surface area contributed by atoms with Gasteiger partial charge in [0.1, 0.15) is 6.04 Å². The van der Waals surface area contributed by atoms with Crippen LogP contribution in [0.4, 0.5) is 0 Å². The summed E-state index contributed by atoms with van der Waals surface area (Å²) < 4.78 is 27.5. The Balaban J connectivity index is 1.91. The highest BCUT2D eigenvalue weighted by molar-refractivity contribution is 7.89. The molecule has 0 aliphatic heterocycles. The number of rotatable bonds is 7. The van der Waals surface area contributed by atoms with Crippen molar-refractivity contribution < 1.29 is 28.2 Å². The van der Waals surface area contributed by atoms with Crippen LogP contribution in [0.1, 0.15) is 21.5 Å². The van der Waals surface area contributed by atoms with Crippen LogP contribution < -0.4 is 4.72 Å². The summed E-state index contributed by atoms with van der Waals surface area (Å²) in [5, 5.41) is 19.5. The van der Waals surface area contributed by atoms with Crippen LogP contribution in [0, 0.1) is 6.92 Å². The third-order valence-corrected chi connectivity index (χ3v) is 5.91. The van der Waals surface area contributed by atoms with E-state index in [4.69, 9.17) is 0 Å². The number of hydrogen-bond acceptors (Lipinski definition) is 4. The summed E-state index contributed by atoms with van der Waals surface area (Å²) in [6.45, 7) is 1.55. The Morgan fingerprint density at radius 2 is 1.86 bits per heavy atom. The monoisotopic (exact) mass is 402 g/mol. The molecule has 1 atom stereocenters. The van der Waals surface area contributed by atoms with Crippen LogP contribution in [0.3, 0.4) is 0 Å². The van der Waals surface area contributed by atoms with Crippen LogP contribution in [0.2, 0.25) is 0 Å². The molecule has 146 valence electrons. The second-order valence-corrected chi connectivity index (χ2v) is 8.07. The molecular weight excluding hydrogens is 384 g/mol. The molecule has 9 heteroatoms. The van der Waals surface area contributed by atoms with Gasteiger partial charge in [-0.05, 0) is 36.2 Å². The molecule has 0 saturated heterocycles. The molecule has 3 aromatic rings. The molecule has 0 unspecified atom stereocenters. The van der Waals surface area contributed by atoms with E-state index in [1.54, 1.807) is 19.2 Å². The first-order chi connectivity index (χ1) is 13.2. The molecule has 0 saturated carbocycles. The molecule has 8 nitrogen and oxygen atoms in total. The zero-order valence-electron chi connectivity index (χ0n) is 14.8. The fourth-order valence-electron chi connectivity index (χ4n) is 2.95. The molecule has 0 bridgehead atoms. The lowest BCUT2D eigenvalue weighted by molar-refractivity contribution is -0.138. The predicted molar refractivity (Wildman–Crippen MR) is 102 cm³/mol. The Labute approximate surface area is 160 Å². The number of aliphatic carboxylic acids is 1. The Kier molecular flexibility index (Phi) is 5.21. The van der Waals surface area contributed by atoms with E-state index in [0.29, 0.717) is 11.1 Å². The Morgan fingerprint density at radius 1 is 1.14 bits per heavy atom. The summed E-state index contributed by atoms with van der Waals surface area (Å²) in [6.07, 6.45) is 1.57. The van der Waals surface area contributed by atoms with E-state index in [2.05, 4.69) is 9.71 Å². The number of nitrogens with one attached hydrogen (secondary N) is 2. The van der Waals surface area contributed by atoms with Crippen molar-refractivity contribution in [3.8, 4) is 0 Å². The largest absolute Gasteiger partial charge is 0.480 e. The van der Waals surface area contributed by atoms with Crippen LogP contribution in [0.5, 0.6) is 0 Å². The molecule has 3 rings (SSSR count). The van der Waals surface area contributed by atoms with Crippen molar-refractivity contribution in [1.29, 1.82) is 0 Å². The zero-order valence-corrected chi connectivity index (χ0v) is 15.7. The minimum absolute atomic E-state index is 0.0732. The van der Waals surface area contributed by atoms with Crippen molar-refractivity contribution in [2.24, 2.45) is 0 Å². The van der Waals surface area contributed by atoms with Gasteiger partial charge in [-0.3, -0.25) is 4.79 Å². The van der Waals surface area contributed by atoms with Crippen molar-refractivity contribution >= 4 is 32.9 Å². The minimum Gasteiger partial charge on any atom is -0.480 e. The molecule has 1 aromatic heterocycles. The third-order valence-electron chi connectivity index (χ3n) is 4.44. The molecule has 0 aliphatic rings. The van der Waals surface area contributed by atoms with Crippen LogP contribution in [0.15, 0.2) is 53.6 Å². The molecule has 4 N–H and O–H groups in total. The second kappa shape index (κ2) is 7.45. The molecule has 0 radical (unpaired) electrons. The van der Waals surface area contributed by atoms with Gasteiger partial charge >= 0.3 is 11.9 Å². The maximum Gasteiger partial charge on any atom is 0.335 e. The third kappa shape index (κ3) is 3.90. The summed E-state index contributed by atoms with van der Waals surface area (Å²) in [7, 11) is -4.24. The van der Waals surface area contributed by atoms with Gasteiger partial charge in [0.2, 0.25) is 10.0 Å². The van der Waals surface area contributed by atoms with Crippen molar-refractivity contribution in [2.45, 2.75) is 24.3 Å². The topological polar surface area (TPSA) is 137 Å². The summed E-state index contributed by atoms with van der Waals surface area (Å²) in [6, 6.07) is 9.49. The maximum absolute atomic E-state index is 12.7. The minimum atomic E-state index is -4.24. The van der Waals surface area contributed by atoms with Gasteiger partial charge in [-0.1, -0.05) is 24.3 Å². The van der Waals surface area contributed by atoms with E-state index in [0.717, 1.165) is 17.0 Å². The van der Waals surface area contributed by atoms with Gasteiger partial charge in [0, 0.05) is 23.5 Å². The van der Waals surface area contributed by atoms with E-state index >= 15 is 0 Å². The van der Waals surface area contributed by atoms with Crippen LogP contribution in [-0.2, 0) is 21.2 Å². The summed E-state index contributed by atoms with van der Waals surface area (Å²) in [5.74, 6) is -2.59. The van der Waals surface area contributed by atoms with Gasteiger partial charge in [-0.25, -0.2) is 13.2 Å². The predicted octanol–water partition coefficient (Wildman–Crippen LogP) is 2.15. The van der Waals surface area contributed by atoms with E-state index in [-0.39, 0.29) is 16.9 Å². The number of carbonyl (C=O) groups is 2. The quantitative estimate of drug-likeness (QED) is 0.478. The van der Waals surface area contributed by atoms with Gasteiger partial charge in [0.15, 0.2) is 0 Å². The van der Waals surface area contributed by atoms with E-state index in [1.807, 2.05) is 18.2 Å². The SMILES string of the molecule is Cc1ccc(S(=O)(=O)N[C@H](Cc2c[nH]c3ccccc23)C(=O)O)cc1C(=O)O. The number of aromatic nitrogens is 1. The standard InChI is InChI=1S/C19H18N2O6S/c1-11-6-7-13(9-15(11)18(22)23)28(26,27)21-17(19(24)25)8-12-10-20-16-5-3-2-4-14(12)16/h2-7,9-10,17,20-21H,8H2,1H3,(H,22,23)(H,24,25)/t17-/m1/s1. The summed E-state index contributed by atoms with van der Waals surface area (Å²) in [5.41, 5.74) is 1.71. The molecular formula is C19H18N2O6S. The van der Waals surface area contributed by atoms with Gasteiger partial charge in [-0.2, -0.15) is 4.72 Å². The number of aryl methyl sites for hydroxylation is 1. The van der Waals surface area contributed by atoms with Crippen molar-refractivity contribution in [1.82, 2.24) is 9.71 Å². The smallest absolute Gasteiger partial charge is 0.335 e. The number of benzene rings is 2. The zero-order chi connectivity index (χ0) is 20.5. The first-order valence-electron chi connectivity index (χ1n) is 8.33. The molecule has 0 amide bonds. The highest BCUT2D eigenvalue weighted by Crippen LogP contribution is 2.21. The first-order valence-corrected chi connectivity index (χ1v) is 9.81. The molecule has 28 heavy (non-hydrogen) atoms. The number of hydrogen-bond donors (Lipinski definition) is 4. The Bertz CT molecular complexity index is 1170. The molecule has 0 fully saturated rings. The van der Waals surface area contributed by atoms with E-state index < -0.39 is 28.0 Å². The lowest BCUT2D eigenvalue weighted by Gasteiger charge is -2.15. The number of H-pyrrole nitrogens is 1.